The molecule has 0 fully saturated rings. The van der Waals surface area contributed by atoms with E-state index in [9.17, 15) is 21.6 Å². The Morgan fingerprint density at radius 3 is 2.38 bits per heavy atom. The lowest BCUT2D eigenvalue weighted by atomic mass is 10.1. The number of anilines is 1. The monoisotopic (exact) mass is 433 g/mol. The zero-order chi connectivity index (χ0) is 21.4. The van der Waals surface area contributed by atoms with Crippen molar-refractivity contribution < 1.29 is 35.8 Å². The Morgan fingerprint density at radius 1 is 1.07 bits per heavy atom. The molecule has 0 bridgehead atoms. The Kier molecular flexibility index (Phi) is 5.13. The molecule has 0 aliphatic carbocycles. The molecule has 0 unspecified atom stereocenters. The van der Waals surface area contributed by atoms with Crippen molar-refractivity contribution in [3.63, 3.8) is 0 Å². The van der Waals surface area contributed by atoms with Crippen molar-refractivity contribution in [2.24, 2.45) is 0 Å². The lowest BCUT2D eigenvalue weighted by Gasteiger charge is -2.16. The highest BCUT2D eigenvalue weighted by atomic mass is 32.2. The molecule has 14 heteroatoms. The van der Waals surface area contributed by atoms with Gasteiger partial charge in [-0.2, -0.15) is 36.1 Å². The normalized spacial score (nSPS) is 12.1. The van der Waals surface area contributed by atoms with Gasteiger partial charge < -0.3 is 14.2 Å². The molecule has 0 saturated carbocycles. The molecule has 2 aromatic heterocycles. The van der Waals surface area contributed by atoms with Crippen molar-refractivity contribution in [3.05, 3.63) is 29.8 Å². The lowest BCUT2D eigenvalue weighted by Crippen LogP contribution is -2.19. The molecule has 0 atom stereocenters. The second-order valence-corrected chi connectivity index (χ2v) is 7.01. The van der Waals surface area contributed by atoms with E-state index in [-0.39, 0.29) is 23.3 Å². The summed E-state index contributed by atoms with van der Waals surface area (Å²) in [7, 11) is -0.910. The first-order valence-corrected chi connectivity index (χ1v) is 9.22. The van der Waals surface area contributed by atoms with Gasteiger partial charge in [-0.25, -0.2) is 0 Å². The SMILES string of the molecule is COc1cc(OC)n2nc(S(=O)(=O)Nc3c(OC)cccc3C(F)(F)F)nc2n1. The third-order valence-corrected chi connectivity index (χ3v) is 4.81. The van der Waals surface area contributed by atoms with E-state index in [1.165, 1.54) is 26.4 Å². The number of hydrogen-bond donors (Lipinski definition) is 1. The van der Waals surface area contributed by atoms with E-state index in [0.717, 1.165) is 17.7 Å². The minimum atomic E-state index is -4.84. The second-order valence-electron chi connectivity index (χ2n) is 5.43. The van der Waals surface area contributed by atoms with E-state index >= 15 is 0 Å². The summed E-state index contributed by atoms with van der Waals surface area (Å²) in [6.07, 6.45) is -4.84. The zero-order valence-corrected chi connectivity index (χ0v) is 16.0. The molecule has 1 aromatic carbocycles. The van der Waals surface area contributed by atoms with E-state index in [1.807, 2.05) is 4.72 Å². The number of hydrogen-bond acceptors (Lipinski definition) is 8. The molecular weight excluding hydrogens is 419 g/mol. The third kappa shape index (κ3) is 3.83. The fourth-order valence-electron chi connectivity index (χ4n) is 2.39. The summed E-state index contributed by atoms with van der Waals surface area (Å²) in [4.78, 5) is 7.68. The van der Waals surface area contributed by atoms with E-state index in [0.29, 0.717) is 6.07 Å². The standard InChI is InChI=1S/C15H14F3N5O5S/c1-26-9-6-4-5-8(15(16,17)18)12(9)22-29(24,25)14-20-13-19-10(27-2)7-11(28-3)23(13)21-14/h4-7,22H,1-3H3. The quantitative estimate of drug-likeness (QED) is 0.627. The molecule has 0 saturated heterocycles. The third-order valence-electron chi connectivity index (χ3n) is 3.68. The van der Waals surface area contributed by atoms with Crippen LogP contribution in [-0.2, 0) is 16.2 Å². The van der Waals surface area contributed by atoms with Crippen molar-refractivity contribution in [3.8, 4) is 17.5 Å². The largest absolute Gasteiger partial charge is 0.495 e. The molecule has 0 spiro atoms. The summed E-state index contributed by atoms with van der Waals surface area (Å²) in [5.74, 6) is -0.404. The fourth-order valence-corrected chi connectivity index (χ4v) is 3.35. The number of para-hydroxylation sites is 1. The van der Waals surface area contributed by atoms with Gasteiger partial charge in [-0.15, -0.1) is 5.10 Å². The molecule has 3 aromatic rings. The van der Waals surface area contributed by atoms with Crippen LogP contribution in [0.1, 0.15) is 5.56 Å². The number of alkyl halides is 3. The number of rotatable bonds is 6. The molecule has 3 rings (SSSR count). The summed E-state index contributed by atoms with van der Waals surface area (Å²) in [5.41, 5.74) is -2.03. The van der Waals surface area contributed by atoms with E-state index in [4.69, 9.17) is 14.2 Å². The minimum Gasteiger partial charge on any atom is -0.495 e. The number of aromatic nitrogens is 4. The summed E-state index contributed by atoms with van der Waals surface area (Å²) >= 11 is 0. The topological polar surface area (TPSA) is 117 Å². The van der Waals surface area contributed by atoms with Crippen LogP contribution in [0.4, 0.5) is 18.9 Å². The second kappa shape index (κ2) is 7.27. The number of ether oxygens (including phenoxy) is 3. The Labute approximate surface area is 162 Å². The molecular formula is C15H14F3N5O5S. The Morgan fingerprint density at radius 2 is 1.79 bits per heavy atom. The van der Waals surface area contributed by atoms with Gasteiger partial charge in [0.05, 0.1) is 33.0 Å². The molecule has 156 valence electrons. The Hall–Kier alpha value is -3.29. The number of sulfonamides is 1. The van der Waals surface area contributed by atoms with Crippen LogP contribution in [-0.4, -0.2) is 49.3 Å². The number of halogens is 3. The van der Waals surface area contributed by atoms with Crippen LogP contribution in [0.25, 0.3) is 5.78 Å². The fraction of sp³-hybridized carbons (Fsp3) is 0.267. The lowest BCUT2D eigenvalue weighted by molar-refractivity contribution is -0.137. The van der Waals surface area contributed by atoms with Crippen molar-refractivity contribution >= 4 is 21.5 Å². The van der Waals surface area contributed by atoms with Crippen molar-refractivity contribution in [2.45, 2.75) is 11.3 Å². The van der Waals surface area contributed by atoms with Gasteiger partial charge in [-0.3, -0.25) is 4.72 Å². The molecule has 0 aliphatic heterocycles. The smallest absolute Gasteiger partial charge is 0.418 e. The zero-order valence-electron chi connectivity index (χ0n) is 15.2. The minimum absolute atomic E-state index is 0.0501. The van der Waals surface area contributed by atoms with Crippen molar-refractivity contribution in [2.75, 3.05) is 26.1 Å². The summed E-state index contributed by atoms with van der Waals surface area (Å²) in [6, 6.07) is 4.31. The number of nitrogens with one attached hydrogen (secondary N) is 1. The van der Waals surface area contributed by atoms with Crippen LogP contribution in [0.5, 0.6) is 17.5 Å². The first-order chi connectivity index (χ1) is 13.6. The predicted molar refractivity (Wildman–Crippen MR) is 92.7 cm³/mol. The number of benzene rings is 1. The van der Waals surface area contributed by atoms with Crippen LogP contribution in [0, 0.1) is 0 Å². The van der Waals surface area contributed by atoms with E-state index in [1.54, 1.807) is 0 Å². The molecule has 29 heavy (non-hydrogen) atoms. The number of methoxy groups -OCH3 is 3. The van der Waals surface area contributed by atoms with Gasteiger partial charge in [0.15, 0.2) is 0 Å². The van der Waals surface area contributed by atoms with Gasteiger partial charge >= 0.3 is 6.18 Å². The first kappa shape index (κ1) is 20.4. The highest BCUT2D eigenvalue weighted by Gasteiger charge is 2.37. The summed E-state index contributed by atoms with van der Waals surface area (Å²) in [5, 5.41) is 2.94. The molecule has 0 aliphatic rings. The summed E-state index contributed by atoms with van der Waals surface area (Å²) in [6.45, 7) is 0. The van der Waals surface area contributed by atoms with Crippen LogP contribution < -0.4 is 18.9 Å². The molecule has 0 radical (unpaired) electrons. The van der Waals surface area contributed by atoms with Crippen LogP contribution in [0.2, 0.25) is 0 Å². The maximum Gasteiger partial charge on any atom is 0.418 e. The van der Waals surface area contributed by atoms with E-state index in [2.05, 4.69) is 15.1 Å². The first-order valence-electron chi connectivity index (χ1n) is 7.73. The van der Waals surface area contributed by atoms with Gasteiger partial charge in [0.25, 0.3) is 21.0 Å². The van der Waals surface area contributed by atoms with Gasteiger partial charge in [0, 0.05) is 0 Å². The van der Waals surface area contributed by atoms with Crippen molar-refractivity contribution in [1.82, 2.24) is 19.6 Å². The number of fused-ring (bicyclic) bond motifs is 1. The molecule has 10 nitrogen and oxygen atoms in total. The van der Waals surface area contributed by atoms with Crippen LogP contribution in [0.3, 0.4) is 0 Å². The predicted octanol–water partition coefficient (Wildman–Crippen LogP) is 1.97. The molecule has 1 N–H and O–H groups in total. The number of nitrogens with zero attached hydrogens (tertiary/aromatic N) is 4. The Bertz CT molecular complexity index is 1160. The highest BCUT2D eigenvalue weighted by Crippen LogP contribution is 2.40. The average molecular weight is 433 g/mol. The van der Waals surface area contributed by atoms with E-state index < -0.39 is 32.6 Å². The molecule has 2 heterocycles. The maximum absolute atomic E-state index is 13.3. The van der Waals surface area contributed by atoms with Gasteiger partial charge in [0.2, 0.25) is 11.8 Å². The Balaban J connectivity index is 2.12. The van der Waals surface area contributed by atoms with Gasteiger partial charge in [-0.05, 0) is 12.1 Å². The summed E-state index contributed by atoms with van der Waals surface area (Å²) < 4.78 is 83.1. The van der Waals surface area contributed by atoms with Crippen molar-refractivity contribution in [1.29, 1.82) is 0 Å². The van der Waals surface area contributed by atoms with Crippen LogP contribution in [0.15, 0.2) is 29.4 Å². The highest BCUT2D eigenvalue weighted by molar-refractivity contribution is 7.92. The van der Waals surface area contributed by atoms with Gasteiger partial charge in [0.1, 0.15) is 11.4 Å². The average Bonchev–Trinajstić information content (AvgIpc) is 3.11. The van der Waals surface area contributed by atoms with Crippen LogP contribution >= 0.6 is 0 Å². The maximum atomic E-state index is 13.3. The molecule has 0 amide bonds. The van der Waals surface area contributed by atoms with Gasteiger partial charge in [-0.1, -0.05) is 6.07 Å².